The Balaban J connectivity index is 1.37. The predicted octanol–water partition coefficient (Wildman–Crippen LogP) is 8.61. The molecule has 0 bridgehead atoms. The molecule has 166 valence electrons. The van der Waals surface area contributed by atoms with Gasteiger partial charge in [-0.1, -0.05) is 68.8 Å². The third kappa shape index (κ3) is 7.41. The van der Waals surface area contributed by atoms with E-state index in [9.17, 15) is 0 Å². The number of unbranched alkanes of at least 4 members (excludes halogenated alkanes) is 1. The summed E-state index contributed by atoms with van der Waals surface area (Å²) in [4.78, 5) is 0. The van der Waals surface area contributed by atoms with Crippen molar-refractivity contribution >= 4 is 0 Å². The van der Waals surface area contributed by atoms with Crippen molar-refractivity contribution in [1.82, 2.24) is 0 Å². The van der Waals surface area contributed by atoms with Gasteiger partial charge in [-0.3, -0.25) is 0 Å². The average molecular weight is 409 g/mol. The van der Waals surface area contributed by atoms with Crippen LogP contribution in [0.3, 0.4) is 0 Å². The highest BCUT2D eigenvalue weighted by atomic mass is 16.5. The van der Waals surface area contributed by atoms with Crippen LogP contribution in [0.25, 0.3) is 0 Å². The van der Waals surface area contributed by atoms with Crippen molar-refractivity contribution in [2.24, 2.45) is 17.8 Å². The molecule has 0 aromatic heterocycles. The molecule has 3 rings (SSSR count). The van der Waals surface area contributed by atoms with E-state index in [0.717, 1.165) is 43.3 Å². The highest BCUT2D eigenvalue weighted by Gasteiger charge is 2.30. The van der Waals surface area contributed by atoms with Gasteiger partial charge in [0.05, 0.1) is 13.2 Å². The molecule has 0 spiro atoms. The number of rotatable bonds is 10. The van der Waals surface area contributed by atoms with E-state index < -0.39 is 0 Å². The van der Waals surface area contributed by atoms with Gasteiger partial charge in [-0.2, -0.15) is 0 Å². The van der Waals surface area contributed by atoms with Crippen LogP contribution in [0, 0.1) is 17.8 Å². The summed E-state index contributed by atoms with van der Waals surface area (Å²) >= 11 is 0. The van der Waals surface area contributed by atoms with Crippen molar-refractivity contribution in [2.75, 3.05) is 6.61 Å². The maximum absolute atomic E-state index is 5.73. The lowest BCUT2D eigenvalue weighted by Crippen LogP contribution is -2.25. The lowest BCUT2D eigenvalue weighted by Gasteiger charge is -2.37. The molecule has 1 aromatic carbocycles. The van der Waals surface area contributed by atoms with Crippen LogP contribution in [0.1, 0.15) is 102 Å². The van der Waals surface area contributed by atoms with Crippen molar-refractivity contribution in [3.63, 3.8) is 0 Å². The molecule has 0 saturated heterocycles. The second-order valence-electron chi connectivity index (χ2n) is 9.64. The topological polar surface area (TPSA) is 9.23 Å². The molecule has 0 amide bonds. The molecule has 0 atom stereocenters. The fourth-order valence-electron chi connectivity index (χ4n) is 5.55. The molecule has 30 heavy (non-hydrogen) atoms. The Bertz CT molecular complexity index is 625. The van der Waals surface area contributed by atoms with Gasteiger partial charge in [0.1, 0.15) is 0 Å². The largest absolute Gasteiger partial charge is 0.373 e. The van der Waals surface area contributed by atoms with Crippen LogP contribution in [0.15, 0.2) is 48.6 Å². The van der Waals surface area contributed by atoms with E-state index in [1.807, 2.05) is 0 Å². The predicted molar refractivity (Wildman–Crippen MR) is 130 cm³/mol. The van der Waals surface area contributed by atoms with Crippen LogP contribution in [-0.2, 0) is 11.3 Å². The fraction of sp³-hybridized carbons (Fsp3) is 0.655. The minimum Gasteiger partial charge on any atom is -0.373 e. The van der Waals surface area contributed by atoms with Gasteiger partial charge in [0.15, 0.2) is 0 Å². The zero-order chi connectivity index (χ0) is 21.0. The zero-order valence-electron chi connectivity index (χ0n) is 19.5. The monoisotopic (exact) mass is 408 g/mol. The van der Waals surface area contributed by atoms with Crippen molar-refractivity contribution in [1.29, 1.82) is 0 Å². The minimum absolute atomic E-state index is 0.719. The quantitative estimate of drug-likeness (QED) is 0.278. The van der Waals surface area contributed by atoms with Crippen LogP contribution in [-0.4, -0.2) is 6.61 Å². The van der Waals surface area contributed by atoms with Crippen LogP contribution < -0.4 is 0 Å². The molecule has 2 aliphatic rings. The molecule has 2 fully saturated rings. The fourth-order valence-corrected chi connectivity index (χ4v) is 5.55. The highest BCUT2D eigenvalue weighted by molar-refractivity contribution is 5.25. The average Bonchev–Trinajstić information content (AvgIpc) is 2.80. The van der Waals surface area contributed by atoms with Crippen molar-refractivity contribution in [3.8, 4) is 0 Å². The Kier molecular flexibility index (Phi) is 10.2. The number of allylic oxidation sites excluding steroid dienone is 3. The van der Waals surface area contributed by atoms with E-state index in [4.69, 9.17) is 4.74 Å². The van der Waals surface area contributed by atoms with E-state index in [2.05, 4.69) is 62.4 Å². The van der Waals surface area contributed by atoms with E-state index in [0.29, 0.717) is 0 Å². The van der Waals surface area contributed by atoms with E-state index in [1.165, 1.54) is 69.8 Å². The lowest BCUT2D eigenvalue weighted by atomic mass is 9.68. The highest BCUT2D eigenvalue weighted by Crippen LogP contribution is 2.44. The summed E-state index contributed by atoms with van der Waals surface area (Å²) in [6, 6.07) is 9.27. The molecule has 1 nitrogen and oxygen atoms in total. The summed E-state index contributed by atoms with van der Waals surface area (Å²) in [5, 5.41) is 0. The second kappa shape index (κ2) is 13.2. The summed E-state index contributed by atoms with van der Waals surface area (Å²) in [6.07, 6.45) is 24.3. The van der Waals surface area contributed by atoms with E-state index in [-0.39, 0.29) is 0 Å². The first-order chi connectivity index (χ1) is 14.8. The standard InChI is InChI=1S/C29H44O/c1-3-5-7-9-24-10-14-26(15-11-24)28-18-20-29(21-19-28)27-16-12-25(13-17-27)23-30-22-8-6-4-2/h6-9,12-13,16-17,24,26,28-29H,3-5,10-11,14-15,18-23H2,1-2H3/b8-6?,9-7+. The Morgan fingerprint density at radius 3 is 2.10 bits per heavy atom. The Morgan fingerprint density at radius 1 is 0.800 bits per heavy atom. The molecule has 1 aromatic rings. The Hall–Kier alpha value is -1.34. The first-order valence-electron chi connectivity index (χ1n) is 12.8. The maximum atomic E-state index is 5.73. The third-order valence-corrected chi connectivity index (χ3v) is 7.45. The van der Waals surface area contributed by atoms with Gasteiger partial charge in [0.25, 0.3) is 0 Å². The van der Waals surface area contributed by atoms with E-state index >= 15 is 0 Å². The van der Waals surface area contributed by atoms with Crippen molar-refractivity contribution in [2.45, 2.75) is 97.0 Å². The van der Waals surface area contributed by atoms with Crippen LogP contribution in [0.4, 0.5) is 0 Å². The Labute approximate surface area is 186 Å². The smallest absolute Gasteiger partial charge is 0.0721 e. The molecular formula is C29H44O. The molecule has 0 radical (unpaired) electrons. The molecule has 2 aliphatic carbocycles. The second-order valence-corrected chi connectivity index (χ2v) is 9.64. The third-order valence-electron chi connectivity index (χ3n) is 7.45. The summed E-state index contributed by atoms with van der Waals surface area (Å²) in [6.45, 7) is 5.86. The van der Waals surface area contributed by atoms with Gasteiger partial charge in [0.2, 0.25) is 0 Å². The number of hydrogen-bond donors (Lipinski definition) is 0. The number of ether oxygens (including phenoxy) is 1. The zero-order valence-corrected chi connectivity index (χ0v) is 19.5. The lowest BCUT2D eigenvalue weighted by molar-refractivity contribution is 0.148. The van der Waals surface area contributed by atoms with Crippen LogP contribution >= 0.6 is 0 Å². The van der Waals surface area contributed by atoms with Gasteiger partial charge in [-0.15, -0.1) is 0 Å². The molecule has 0 aliphatic heterocycles. The SMILES string of the molecule is CCC=CCOCc1ccc(C2CCC(C3CCC(/C=C/CCC)CC3)CC2)cc1. The molecule has 0 N–H and O–H groups in total. The minimum atomic E-state index is 0.719. The summed E-state index contributed by atoms with van der Waals surface area (Å²) in [7, 11) is 0. The maximum Gasteiger partial charge on any atom is 0.0721 e. The first-order valence-corrected chi connectivity index (χ1v) is 12.8. The molecule has 0 heterocycles. The number of benzene rings is 1. The molecule has 1 heteroatoms. The van der Waals surface area contributed by atoms with Gasteiger partial charge >= 0.3 is 0 Å². The Morgan fingerprint density at radius 2 is 1.47 bits per heavy atom. The molecule has 0 unspecified atom stereocenters. The van der Waals surface area contributed by atoms with Gasteiger partial charge < -0.3 is 4.74 Å². The number of hydrogen-bond acceptors (Lipinski definition) is 1. The van der Waals surface area contributed by atoms with Crippen molar-refractivity contribution in [3.05, 3.63) is 59.7 Å². The summed E-state index contributed by atoms with van der Waals surface area (Å²) < 4.78 is 5.73. The molecule has 2 saturated carbocycles. The normalized spacial score (nSPS) is 27.8. The molecular weight excluding hydrogens is 364 g/mol. The summed E-state index contributed by atoms with van der Waals surface area (Å²) in [5.41, 5.74) is 2.84. The van der Waals surface area contributed by atoms with Gasteiger partial charge in [0, 0.05) is 0 Å². The van der Waals surface area contributed by atoms with Crippen LogP contribution in [0.2, 0.25) is 0 Å². The van der Waals surface area contributed by atoms with Gasteiger partial charge in [-0.25, -0.2) is 0 Å². The van der Waals surface area contributed by atoms with Crippen molar-refractivity contribution < 1.29 is 4.74 Å². The van der Waals surface area contributed by atoms with Gasteiger partial charge in [-0.05, 0) is 99.0 Å². The first kappa shape index (κ1) is 23.3. The van der Waals surface area contributed by atoms with Crippen LogP contribution in [0.5, 0.6) is 0 Å². The summed E-state index contributed by atoms with van der Waals surface area (Å²) in [5.74, 6) is 3.64. The van der Waals surface area contributed by atoms with E-state index in [1.54, 1.807) is 5.56 Å².